The third kappa shape index (κ3) is 4.14. The smallest absolute Gasteiger partial charge is 0.149 e. The largest absolute Gasteiger partial charge is 0.305 e. The fraction of sp³-hybridized carbons (Fsp3) is 0.889. The molecule has 0 aliphatic rings. The van der Waals surface area contributed by atoms with E-state index in [9.17, 15) is 4.79 Å². The van der Waals surface area contributed by atoms with E-state index in [1.807, 2.05) is 13.8 Å². The maximum absolute atomic E-state index is 11.0. The van der Waals surface area contributed by atoms with Crippen molar-refractivity contribution in [3.63, 3.8) is 0 Å². The molecule has 0 unspecified atom stereocenters. The molecule has 0 amide bonds. The Morgan fingerprint density at radius 1 is 1.45 bits per heavy atom. The third-order valence-corrected chi connectivity index (χ3v) is 1.83. The van der Waals surface area contributed by atoms with E-state index in [2.05, 4.69) is 19.2 Å². The highest BCUT2D eigenvalue weighted by Crippen LogP contribution is 2.03. The summed E-state index contributed by atoms with van der Waals surface area (Å²) in [5, 5.41) is 3.21. The van der Waals surface area contributed by atoms with Gasteiger partial charge in [0.1, 0.15) is 5.78 Å². The zero-order chi connectivity index (χ0) is 9.07. The Bertz CT molecular complexity index is 138. The summed E-state index contributed by atoms with van der Waals surface area (Å²) in [4.78, 5) is 11.0. The molecule has 0 saturated heterocycles. The van der Waals surface area contributed by atoms with Crippen LogP contribution in [0.25, 0.3) is 0 Å². The monoisotopic (exact) mass is 157 g/mol. The number of carbonyl (C=O) groups is 1. The van der Waals surface area contributed by atoms with Crippen molar-refractivity contribution >= 4 is 5.78 Å². The van der Waals surface area contributed by atoms with Gasteiger partial charge in [-0.2, -0.15) is 0 Å². The Kier molecular flexibility index (Phi) is 3.73. The zero-order valence-corrected chi connectivity index (χ0v) is 8.19. The van der Waals surface area contributed by atoms with E-state index in [1.54, 1.807) is 6.92 Å². The minimum Gasteiger partial charge on any atom is -0.305 e. The average Bonchev–Trinajstić information content (AvgIpc) is 1.84. The van der Waals surface area contributed by atoms with Crippen LogP contribution in [0.3, 0.4) is 0 Å². The molecule has 0 atom stereocenters. The molecule has 0 fully saturated rings. The van der Waals surface area contributed by atoms with Crippen molar-refractivity contribution in [2.75, 3.05) is 6.54 Å². The molecule has 0 aliphatic heterocycles. The lowest BCUT2D eigenvalue weighted by atomic mass is 10.00. The van der Waals surface area contributed by atoms with Gasteiger partial charge in [0.25, 0.3) is 0 Å². The lowest BCUT2D eigenvalue weighted by Crippen LogP contribution is -2.46. The fourth-order valence-electron chi connectivity index (χ4n) is 0.584. The molecule has 66 valence electrons. The van der Waals surface area contributed by atoms with Crippen molar-refractivity contribution < 1.29 is 4.79 Å². The summed E-state index contributed by atoms with van der Waals surface area (Å²) >= 11 is 0. The van der Waals surface area contributed by atoms with Gasteiger partial charge in [0.2, 0.25) is 0 Å². The second-order valence-electron chi connectivity index (χ2n) is 3.96. The van der Waals surface area contributed by atoms with Gasteiger partial charge in [0.15, 0.2) is 0 Å². The van der Waals surface area contributed by atoms with Crippen LogP contribution in [0.4, 0.5) is 0 Å². The quantitative estimate of drug-likeness (QED) is 0.671. The van der Waals surface area contributed by atoms with Gasteiger partial charge in [-0.3, -0.25) is 4.79 Å². The molecule has 0 rings (SSSR count). The number of ketones is 1. The van der Waals surface area contributed by atoms with Crippen LogP contribution in [-0.4, -0.2) is 17.9 Å². The van der Waals surface area contributed by atoms with Gasteiger partial charge in [-0.25, -0.2) is 0 Å². The molecule has 0 radical (unpaired) electrons. The van der Waals surface area contributed by atoms with Gasteiger partial charge in [0.05, 0.1) is 5.54 Å². The predicted molar refractivity (Wildman–Crippen MR) is 47.6 cm³/mol. The minimum atomic E-state index is -0.357. The molecule has 0 bridgehead atoms. The van der Waals surface area contributed by atoms with Crippen molar-refractivity contribution in [2.24, 2.45) is 5.92 Å². The molecule has 0 saturated carbocycles. The molecule has 1 N–H and O–H groups in total. The van der Waals surface area contributed by atoms with Crippen LogP contribution in [0, 0.1) is 5.92 Å². The fourth-order valence-corrected chi connectivity index (χ4v) is 0.584. The van der Waals surface area contributed by atoms with Crippen molar-refractivity contribution in [3.8, 4) is 0 Å². The zero-order valence-electron chi connectivity index (χ0n) is 8.19. The summed E-state index contributed by atoms with van der Waals surface area (Å²) in [6.07, 6.45) is 0. The van der Waals surface area contributed by atoms with Gasteiger partial charge in [-0.05, 0) is 33.2 Å². The molecule has 0 heterocycles. The van der Waals surface area contributed by atoms with Gasteiger partial charge in [-0.15, -0.1) is 0 Å². The molecule has 0 aromatic heterocycles. The van der Waals surface area contributed by atoms with Gasteiger partial charge in [-0.1, -0.05) is 13.8 Å². The molecule has 11 heavy (non-hydrogen) atoms. The molecule has 2 heteroatoms. The summed E-state index contributed by atoms with van der Waals surface area (Å²) in [5.41, 5.74) is -0.357. The number of carbonyl (C=O) groups excluding carboxylic acids is 1. The van der Waals surface area contributed by atoms with E-state index in [0.29, 0.717) is 5.92 Å². The normalized spacial score (nSPS) is 12.2. The maximum atomic E-state index is 11.0. The molecule has 0 aromatic carbocycles. The number of nitrogens with one attached hydrogen (secondary N) is 1. The SMILES string of the molecule is CC(=O)C(C)(C)NCC(C)C. The van der Waals surface area contributed by atoms with Crippen LogP contribution < -0.4 is 5.32 Å². The van der Waals surface area contributed by atoms with Gasteiger partial charge < -0.3 is 5.32 Å². The highest BCUT2D eigenvalue weighted by molar-refractivity contribution is 5.85. The molecule has 0 aliphatic carbocycles. The van der Waals surface area contributed by atoms with Crippen molar-refractivity contribution in [1.82, 2.24) is 5.32 Å². The highest BCUT2D eigenvalue weighted by atomic mass is 16.1. The first-order chi connectivity index (χ1) is 4.86. The first-order valence-corrected chi connectivity index (χ1v) is 4.12. The lowest BCUT2D eigenvalue weighted by molar-refractivity contribution is -0.122. The van der Waals surface area contributed by atoms with E-state index in [0.717, 1.165) is 6.54 Å². The summed E-state index contributed by atoms with van der Waals surface area (Å²) in [6, 6.07) is 0. The van der Waals surface area contributed by atoms with E-state index >= 15 is 0 Å². The standard InChI is InChI=1S/C9H19NO/c1-7(2)6-10-9(4,5)8(3)11/h7,10H,6H2,1-5H3. The Balaban J connectivity index is 3.83. The Labute approximate surface area is 69.4 Å². The van der Waals surface area contributed by atoms with Crippen molar-refractivity contribution in [2.45, 2.75) is 40.2 Å². The van der Waals surface area contributed by atoms with Crippen molar-refractivity contribution in [1.29, 1.82) is 0 Å². The van der Waals surface area contributed by atoms with Gasteiger partial charge in [0, 0.05) is 0 Å². The maximum Gasteiger partial charge on any atom is 0.149 e. The van der Waals surface area contributed by atoms with Crippen LogP contribution in [0.15, 0.2) is 0 Å². The van der Waals surface area contributed by atoms with Crippen LogP contribution in [0.5, 0.6) is 0 Å². The summed E-state index contributed by atoms with van der Waals surface area (Å²) in [5.74, 6) is 0.784. The molecular weight excluding hydrogens is 138 g/mol. The summed E-state index contributed by atoms with van der Waals surface area (Å²) in [6.45, 7) is 10.6. The average molecular weight is 157 g/mol. The molecule has 0 aromatic rings. The lowest BCUT2D eigenvalue weighted by Gasteiger charge is -2.24. The first-order valence-electron chi connectivity index (χ1n) is 4.12. The second-order valence-corrected chi connectivity index (χ2v) is 3.96. The predicted octanol–water partition coefficient (Wildman–Crippen LogP) is 1.60. The summed E-state index contributed by atoms with van der Waals surface area (Å²) < 4.78 is 0. The van der Waals surface area contributed by atoms with Crippen LogP contribution in [0.1, 0.15) is 34.6 Å². The number of hydrogen-bond acceptors (Lipinski definition) is 2. The number of hydrogen-bond donors (Lipinski definition) is 1. The van der Waals surface area contributed by atoms with E-state index in [4.69, 9.17) is 0 Å². The Morgan fingerprint density at radius 3 is 2.18 bits per heavy atom. The van der Waals surface area contributed by atoms with E-state index < -0.39 is 0 Å². The molecule has 0 spiro atoms. The third-order valence-electron chi connectivity index (χ3n) is 1.83. The molecule has 2 nitrogen and oxygen atoms in total. The first kappa shape index (κ1) is 10.6. The van der Waals surface area contributed by atoms with Crippen LogP contribution >= 0.6 is 0 Å². The Morgan fingerprint density at radius 2 is 1.91 bits per heavy atom. The van der Waals surface area contributed by atoms with Crippen molar-refractivity contribution in [3.05, 3.63) is 0 Å². The number of Topliss-reactive ketones (excluding diaryl/α,β-unsaturated/α-hetero) is 1. The Hall–Kier alpha value is -0.370. The van der Waals surface area contributed by atoms with E-state index in [1.165, 1.54) is 0 Å². The highest BCUT2D eigenvalue weighted by Gasteiger charge is 2.22. The summed E-state index contributed by atoms with van der Waals surface area (Å²) in [7, 11) is 0. The number of rotatable bonds is 4. The minimum absolute atomic E-state index is 0.193. The van der Waals surface area contributed by atoms with Crippen LogP contribution in [-0.2, 0) is 4.79 Å². The molecular formula is C9H19NO. The second kappa shape index (κ2) is 3.86. The van der Waals surface area contributed by atoms with E-state index in [-0.39, 0.29) is 11.3 Å². The van der Waals surface area contributed by atoms with Gasteiger partial charge >= 0.3 is 0 Å². The van der Waals surface area contributed by atoms with Crippen LogP contribution in [0.2, 0.25) is 0 Å². The topological polar surface area (TPSA) is 29.1 Å².